The molecule has 0 saturated carbocycles. The van der Waals surface area contributed by atoms with Crippen LogP contribution in [0.15, 0.2) is 29.2 Å². The number of rotatable bonds is 4. The number of sulfone groups is 1. The monoisotopic (exact) mass is 242 g/mol. The lowest BCUT2D eigenvalue weighted by Gasteiger charge is -2.11. The van der Waals surface area contributed by atoms with Crippen LogP contribution in [-0.2, 0) is 14.5 Å². The molecule has 1 N–H and O–H groups in total. The predicted molar refractivity (Wildman–Crippen MR) is 63.4 cm³/mol. The Kier molecular flexibility index (Phi) is 4.12. The molecule has 0 aromatic heterocycles. The van der Waals surface area contributed by atoms with E-state index in [9.17, 15) is 13.4 Å². The summed E-state index contributed by atoms with van der Waals surface area (Å²) >= 11 is 0. The molecule has 16 heavy (non-hydrogen) atoms. The molecule has 1 rings (SSSR count). The third kappa shape index (κ3) is 3.62. The Labute approximate surface area is 96.3 Å². The van der Waals surface area contributed by atoms with Crippen LogP contribution >= 0.6 is 0 Å². The molecule has 0 saturated heterocycles. The Bertz CT molecular complexity index is 438. The SMILES string of the molecule is CC(C)OB(O)c1ccc(S(C)(=O)=O)cc1. The summed E-state index contributed by atoms with van der Waals surface area (Å²) < 4.78 is 27.6. The van der Waals surface area contributed by atoms with Crippen molar-refractivity contribution >= 4 is 22.4 Å². The Morgan fingerprint density at radius 1 is 1.25 bits per heavy atom. The molecule has 0 radical (unpaired) electrons. The zero-order chi connectivity index (χ0) is 12.3. The Morgan fingerprint density at radius 2 is 1.75 bits per heavy atom. The minimum absolute atomic E-state index is 0.0930. The molecular weight excluding hydrogens is 227 g/mol. The molecule has 6 heteroatoms. The standard InChI is InChI=1S/C10H15BO4S/c1-8(2)15-11(12)9-4-6-10(7-5-9)16(3,13)14/h4-8,12H,1-3H3. The van der Waals surface area contributed by atoms with E-state index in [1.165, 1.54) is 12.1 Å². The molecule has 0 heterocycles. The van der Waals surface area contributed by atoms with Crippen LogP contribution in [0.2, 0.25) is 0 Å². The van der Waals surface area contributed by atoms with Crippen LogP contribution in [0, 0.1) is 0 Å². The zero-order valence-corrected chi connectivity index (χ0v) is 10.4. The van der Waals surface area contributed by atoms with Gasteiger partial charge in [0, 0.05) is 12.4 Å². The summed E-state index contributed by atoms with van der Waals surface area (Å²) in [5, 5.41) is 9.61. The van der Waals surface area contributed by atoms with Gasteiger partial charge in [0.25, 0.3) is 0 Å². The van der Waals surface area contributed by atoms with Gasteiger partial charge in [-0.1, -0.05) is 12.1 Å². The van der Waals surface area contributed by atoms with E-state index in [1.54, 1.807) is 12.1 Å². The molecule has 88 valence electrons. The van der Waals surface area contributed by atoms with Crippen molar-refractivity contribution in [2.24, 2.45) is 0 Å². The van der Waals surface area contributed by atoms with Crippen molar-refractivity contribution in [3.8, 4) is 0 Å². The second kappa shape index (κ2) is 4.99. The molecule has 4 nitrogen and oxygen atoms in total. The minimum atomic E-state index is -3.19. The van der Waals surface area contributed by atoms with Crippen LogP contribution in [0.1, 0.15) is 13.8 Å². The van der Waals surface area contributed by atoms with Crippen molar-refractivity contribution in [1.29, 1.82) is 0 Å². The van der Waals surface area contributed by atoms with Crippen molar-refractivity contribution in [3.63, 3.8) is 0 Å². The highest BCUT2D eigenvalue weighted by molar-refractivity contribution is 7.90. The van der Waals surface area contributed by atoms with Gasteiger partial charge in [-0.15, -0.1) is 0 Å². The Morgan fingerprint density at radius 3 is 2.12 bits per heavy atom. The van der Waals surface area contributed by atoms with E-state index in [0.29, 0.717) is 5.46 Å². The Hall–Kier alpha value is -0.845. The van der Waals surface area contributed by atoms with E-state index in [0.717, 1.165) is 6.26 Å². The molecule has 0 unspecified atom stereocenters. The van der Waals surface area contributed by atoms with Crippen LogP contribution in [0.5, 0.6) is 0 Å². The average Bonchev–Trinajstić information content (AvgIpc) is 2.15. The molecule has 0 bridgehead atoms. The molecule has 0 fully saturated rings. The molecule has 1 aromatic carbocycles. The van der Waals surface area contributed by atoms with Crippen LogP contribution in [0.4, 0.5) is 0 Å². The maximum atomic E-state index is 11.2. The van der Waals surface area contributed by atoms with Gasteiger partial charge in [-0.2, -0.15) is 0 Å². The summed E-state index contributed by atoms with van der Waals surface area (Å²) in [5.41, 5.74) is 0.543. The van der Waals surface area contributed by atoms with Crippen LogP contribution in [0.25, 0.3) is 0 Å². The number of hydrogen-bond acceptors (Lipinski definition) is 4. The first kappa shape index (κ1) is 13.2. The summed E-state index contributed by atoms with van der Waals surface area (Å²) in [5.74, 6) is 0. The fourth-order valence-electron chi connectivity index (χ4n) is 1.22. The third-order valence-electron chi connectivity index (χ3n) is 1.99. The van der Waals surface area contributed by atoms with Gasteiger partial charge in [0.1, 0.15) is 0 Å². The topological polar surface area (TPSA) is 63.6 Å². The summed E-state index contributed by atoms with van der Waals surface area (Å²) in [7, 11) is -4.21. The summed E-state index contributed by atoms with van der Waals surface area (Å²) in [6.45, 7) is 3.63. The number of hydrogen-bond donors (Lipinski definition) is 1. The largest absolute Gasteiger partial charge is 0.491 e. The summed E-state index contributed by atoms with van der Waals surface area (Å²) in [6.07, 6.45) is 1.05. The molecule has 0 aliphatic carbocycles. The van der Waals surface area contributed by atoms with Gasteiger partial charge >= 0.3 is 7.12 Å². The summed E-state index contributed by atoms with van der Waals surface area (Å²) in [4.78, 5) is 0.230. The number of benzene rings is 1. The molecule has 0 aliphatic heterocycles. The van der Waals surface area contributed by atoms with Gasteiger partial charge in [0.15, 0.2) is 9.84 Å². The lowest BCUT2D eigenvalue weighted by Crippen LogP contribution is -2.35. The first-order chi connectivity index (χ1) is 7.30. The van der Waals surface area contributed by atoms with E-state index < -0.39 is 17.0 Å². The fraction of sp³-hybridized carbons (Fsp3) is 0.400. The predicted octanol–water partition coefficient (Wildman–Crippen LogP) is 0.203. The van der Waals surface area contributed by atoms with Gasteiger partial charge in [-0.05, 0) is 31.4 Å². The molecule has 0 spiro atoms. The van der Waals surface area contributed by atoms with Gasteiger partial charge in [-0.3, -0.25) is 0 Å². The zero-order valence-electron chi connectivity index (χ0n) is 9.54. The van der Waals surface area contributed by atoms with Crippen molar-refractivity contribution < 1.29 is 18.1 Å². The first-order valence-electron chi connectivity index (χ1n) is 4.94. The van der Waals surface area contributed by atoms with E-state index in [4.69, 9.17) is 4.65 Å². The van der Waals surface area contributed by atoms with E-state index in [2.05, 4.69) is 0 Å². The first-order valence-corrected chi connectivity index (χ1v) is 6.83. The van der Waals surface area contributed by atoms with Gasteiger partial charge < -0.3 is 9.68 Å². The molecule has 0 atom stereocenters. The van der Waals surface area contributed by atoms with E-state index in [1.807, 2.05) is 13.8 Å². The highest BCUT2D eigenvalue weighted by Gasteiger charge is 2.18. The van der Waals surface area contributed by atoms with E-state index in [-0.39, 0.29) is 11.0 Å². The smallest absolute Gasteiger partial charge is 0.423 e. The van der Waals surface area contributed by atoms with Crippen LogP contribution < -0.4 is 5.46 Å². The third-order valence-corrected chi connectivity index (χ3v) is 3.12. The van der Waals surface area contributed by atoms with Crippen LogP contribution in [0.3, 0.4) is 0 Å². The van der Waals surface area contributed by atoms with Crippen molar-refractivity contribution in [1.82, 2.24) is 0 Å². The van der Waals surface area contributed by atoms with Crippen LogP contribution in [-0.4, -0.2) is 32.9 Å². The fourth-order valence-corrected chi connectivity index (χ4v) is 1.85. The average molecular weight is 242 g/mol. The lowest BCUT2D eigenvalue weighted by atomic mass is 9.79. The van der Waals surface area contributed by atoms with Gasteiger partial charge in [-0.25, -0.2) is 8.42 Å². The van der Waals surface area contributed by atoms with Gasteiger partial charge in [0.2, 0.25) is 0 Å². The molecule has 1 aromatic rings. The normalized spacial score (nSPS) is 11.8. The molecule has 0 aliphatic rings. The molecule has 0 amide bonds. The van der Waals surface area contributed by atoms with Gasteiger partial charge in [0.05, 0.1) is 4.90 Å². The maximum absolute atomic E-state index is 11.2. The molecular formula is C10H15BO4S. The van der Waals surface area contributed by atoms with E-state index >= 15 is 0 Å². The minimum Gasteiger partial charge on any atom is -0.423 e. The second-order valence-corrected chi connectivity index (χ2v) is 5.89. The van der Waals surface area contributed by atoms with Crippen molar-refractivity contribution in [2.75, 3.05) is 6.26 Å². The maximum Gasteiger partial charge on any atom is 0.491 e. The van der Waals surface area contributed by atoms with Crippen molar-refractivity contribution in [2.45, 2.75) is 24.8 Å². The quantitative estimate of drug-likeness (QED) is 0.766. The highest BCUT2D eigenvalue weighted by atomic mass is 32.2. The highest BCUT2D eigenvalue weighted by Crippen LogP contribution is 2.06. The second-order valence-electron chi connectivity index (χ2n) is 3.88. The summed E-state index contributed by atoms with van der Waals surface area (Å²) in [6, 6.07) is 6.00. The Balaban J connectivity index is 2.87. The van der Waals surface area contributed by atoms with Crippen molar-refractivity contribution in [3.05, 3.63) is 24.3 Å². The lowest BCUT2D eigenvalue weighted by molar-refractivity contribution is 0.207.